The van der Waals surface area contributed by atoms with Crippen LogP contribution >= 0.6 is 0 Å². The topological polar surface area (TPSA) is 92.7 Å². The monoisotopic (exact) mass is 526 g/mol. The Morgan fingerprint density at radius 1 is 0.973 bits per heavy atom. The Balaban J connectivity index is 1.75. The summed E-state index contributed by atoms with van der Waals surface area (Å²) in [6.07, 6.45) is -3.97. The van der Waals surface area contributed by atoms with E-state index in [0.717, 1.165) is 47.2 Å². The molecule has 0 radical (unpaired) electrons. The van der Waals surface area contributed by atoms with Crippen LogP contribution in [0, 0.1) is 11.6 Å². The van der Waals surface area contributed by atoms with Gasteiger partial charge in [0, 0.05) is 36.3 Å². The first kappa shape index (κ1) is 27.6. The van der Waals surface area contributed by atoms with E-state index in [0.29, 0.717) is 6.54 Å². The van der Waals surface area contributed by atoms with Crippen molar-refractivity contribution in [2.75, 3.05) is 37.9 Å². The number of esters is 1. The average Bonchev–Trinajstić information content (AvgIpc) is 3.14. The third-order valence-corrected chi connectivity index (χ3v) is 5.18. The van der Waals surface area contributed by atoms with E-state index in [1.54, 1.807) is 19.0 Å². The SMILES string of the molecule is CN(C)CCOC(=O)CCC(=O)n1cc(NC(=O)Nc2ccc(C(F)(F)F)cc2)c2cc(F)c(F)cc21. The van der Waals surface area contributed by atoms with E-state index >= 15 is 0 Å². The Morgan fingerprint density at radius 3 is 2.24 bits per heavy atom. The van der Waals surface area contributed by atoms with Crippen molar-refractivity contribution in [3.8, 4) is 0 Å². The highest BCUT2D eigenvalue weighted by Crippen LogP contribution is 2.31. The second-order valence-corrected chi connectivity index (χ2v) is 8.27. The number of urea groups is 1. The number of fused-ring (bicyclic) bond motifs is 1. The van der Waals surface area contributed by atoms with Crippen molar-refractivity contribution in [1.29, 1.82) is 0 Å². The van der Waals surface area contributed by atoms with Crippen molar-refractivity contribution in [2.24, 2.45) is 0 Å². The molecule has 3 rings (SSSR count). The Labute approximate surface area is 208 Å². The van der Waals surface area contributed by atoms with E-state index in [1.807, 2.05) is 0 Å². The molecule has 0 unspecified atom stereocenters. The molecular formula is C24H23F5N4O4. The minimum atomic E-state index is -4.54. The van der Waals surface area contributed by atoms with Crippen LogP contribution in [0.15, 0.2) is 42.6 Å². The molecule has 0 saturated carbocycles. The molecule has 0 saturated heterocycles. The molecule has 2 amide bonds. The summed E-state index contributed by atoms with van der Waals surface area (Å²) < 4.78 is 72.0. The van der Waals surface area contributed by atoms with Crippen LogP contribution in [0.4, 0.5) is 38.1 Å². The molecule has 2 aromatic carbocycles. The van der Waals surface area contributed by atoms with E-state index < -0.39 is 41.3 Å². The van der Waals surface area contributed by atoms with Gasteiger partial charge in [-0.2, -0.15) is 13.2 Å². The minimum absolute atomic E-state index is 0.0108. The smallest absolute Gasteiger partial charge is 0.416 e. The van der Waals surface area contributed by atoms with Crippen LogP contribution in [0.3, 0.4) is 0 Å². The number of benzene rings is 2. The number of carbonyl (C=O) groups is 3. The summed E-state index contributed by atoms with van der Waals surface area (Å²) >= 11 is 0. The molecule has 0 fully saturated rings. The van der Waals surface area contributed by atoms with Crippen molar-refractivity contribution in [1.82, 2.24) is 9.47 Å². The molecule has 0 aliphatic carbocycles. The van der Waals surface area contributed by atoms with Gasteiger partial charge in [0.15, 0.2) is 11.6 Å². The summed E-state index contributed by atoms with van der Waals surface area (Å²) in [5, 5.41) is 4.68. The van der Waals surface area contributed by atoms with Crippen molar-refractivity contribution in [2.45, 2.75) is 19.0 Å². The number of nitrogens with zero attached hydrogens (tertiary/aromatic N) is 2. The highest BCUT2D eigenvalue weighted by atomic mass is 19.4. The summed E-state index contributed by atoms with van der Waals surface area (Å²) in [6, 6.07) is 4.31. The molecule has 1 heterocycles. The molecule has 0 bridgehead atoms. The van der Waals surface area contributed by atoms with Crippen LogP contribution in [0.2, 0.25) is 0 Å². The number of ether oxygens (including phenoxy) is 1. The highest BCUT2D eigenvalue weighted by molar-refractivity contribution is 6.08. The van der Waals surface area contributed by atoms with Crippen LogP contribution in [0.25, 0.3) is 10.9 Å². The van der Waals surface area contributed by atoms with Crippen LogP contribution in [0.1, 0.15) is 23.2 Å². The zero-order valence-corrected chi connectivity index (χ0v) is 19.8. The van der Waals surface area contributed by atoms with Gasteiger partial charge in [0.25, 0.3) is 0 Å². The van der Waals surface area contributed by atoms with Gasteiger partial charge in [0.2, 0.25) is 5.91 Å². The maximum Gasteiger partial charge on any atom is 0.416 e. The fourth-order valence-corrected chi connectivity index (χ4v) is 3.30. The lowest BCUT2D eigenvalue weighted by atomic mass is 10.2. The number of alkyl halides is 3. The molecule has 2 N–H and O–H groups in total. The lowest BCUT2D eigenvalue weighted by Crippen LogP contribution is -2.21. The molecule has 198 valence electrons. The third-order valence-electron chi connectivity index (χ3n) is 5.18. The summed E-state index contributed by atoms with van der Waals surface area (Å²) in [4.78, 5) is 38.9. The molecule has 0 atom stereocenters. The zero-order valence-electron chi connectivity index (χ0n) is 19.8. The van der Waals surface area contributed by atoms with E-state index in [4.69, 9.17) is 4.74 Å². The number of rotatable bonds is 8. The number of anilines is 2. The molecule has 0 aliphatic rings. The van der Waals surface area contributed by atoms with Gasteiger partial charge < -0.3 is 20.3 Å². The zero-order chi connectivity index (χ0) is 27.3. The fraction of sp³-hybridized carbons (Fsp3) is 0.292. The number of amides is 2. The summed E-state index contributed by atoms with van der Waals surface area (Å²) in [5.41, 5.74) is -0.996. The van der Waals surface area contributed by atoms with Gasteiger partial charge in [-0.25, -0.2) is 13.6 Å². The second kappa shape index (κ2) is 11.4. The van der Waals surface area contributed by atoms with Gasteiger partial charge in [-0.3, -0.25) is 14.2 Å². The van der Waals surface area contributed by atoms with Crippen LogP contribution in [0.5, 0.6) is 0 Å². The number of carbonyl (C=O) groups excluding carboxylic acids is 3. The molecule has 0 spiro atoms. The van der Waals surface area contributed by atoms with Gasteiger partial charge in [0.1, 0.15) is 6.61 Å². The largest absolute Gasteiger partial charge is 0.464 e. The van der Waals surface area contributed by atoms with Crippen molar-refractivity contribution in [3.05, 3.63) is 59.8 Å². The maximum atomic E-state index is 13.9. The normalized spacial score (nSPS) is 11.6. The predicted octanol–water partition coefficient (Wildman–Crippen LogP) is 5.11. The van der Waals surface area contributed by atoms with Crippen LogP contribution in [-0.4, -0.2) is 54.6 Å². The summed E-state index contributed by atoms with van der Waals surface area (Å²) in [7, 11) is 3.60. The van der Waals surface area contributed by atoms with E-state index in [9.17, 15) is 36.3 Å². The average molecular weight is 526 g/mol. The number of likely N-dealkylation sites (N-methyl/N-ethyl adjacent to an activating group) is 1. The first-order valence-corrected chi connectivity index (χ1v) is 10.9. The summed E-state index contributed by atoms with van der Waals surface area (Å²) in [6.45, 7) is 0.634. The van der Waals surface area contributed by atoms with Crippen LogP contribution in [-0.2, 0) is 15.7 Å². The lowest BCUT2D eigenvalue weighted by molar-refractivity contribution is -0.144. The number of hydrogen-bond acceptors (Lipinski definition) is 5. The summed E-state index contributed by atoms with van der Waals surface area (Å²) in [5.74, 6) is -3.72. The third kappa shape index (κ3) is 7.26. The fourth-order valence-electron chi connectivity index (χ4n) is 3.30. The first-order chi connectivity index (χ1) is 17.3. The van der Waals surface area contributed by atoms with Crippen molar-refractivity contribution in [3.63, 3.8) is 0 Å². The maximum absolute atomic E-state index is 13.9. The van der Waals surface area contributed by atoms with E-state index in [-0.39, 0.29) is 41.7 Å². The highest BCUT2D eigenvalue weighted by Gasteiger charge is 2.30. The Bertz CT molecular complexity index is 1300. The van der Waals surface area contributed by atoms with Crippen molar-refractivity contribution < 1.29 is 41.1 Å². The first-order valence-electron chi connectivity index (χ1n) is 10.9. The predicted molar refractivity (Wildman–Crippen MR) is 125 cm³/mol. The molecule has 37 heavy (non-hydrogen) atoms. The molecule has 3 aromatic rings. The molecule has 8 nitrogen and oxygen atoms in total. The lowest BCUT2D eigenvalue weighted by Gasteiger charge is -2.10. The van der Waals surface area contributed by atoms with Crippen molar-refractivity contribution >= 4 is 40.2 Å². The number of nitrogens with one attached hydrogen (secondary N) is 2. The minimum Gasteiger partial charge on any atom is -0.464 e. The molecule has 0 aliphatic heterocycles. The molecular weight excluding hydrogens is 503 g/mol. The molecule has 13 heteroatoms. The second-order valence-electron chi connectivity index (χ2n) is 8.27. The van der Waals surface area contributed by atoms with E-state index in [2.05, 4.69) is 10.6 Å². The standard InChI is InChI=1S/C24H23F5N4O4/c1-32(2)9-10-37-22(35)8-7-21(34)33-13-19(16-11-17(25)18(26)12-20(16)33)31-23(36)30-15-5-3-14(4-6-15)24(27,28)29/h3-6,11-13H,7-10H2,1-2H3,(H2,30,31,36). The number of halogens is 5. The van der Waals surface area contributed by atoms with Gasteiger partial charge in [-0.15, -0.1) is 0 Å². The number of hydrogen-bond donors (Lipinski definition) is 2. The van der Waals surface area contributed by atoms with E-state index in [1.165, 1.54) is 0 Å². The molecule has 1 aromatic heterocycles. The Kier molecular flexibility index (Phi) is 8.48. The van der Waals surface area contributed by atoms with Gasteiger partial charge in [-0.1, -0.05) is 0 Å². The van der Waals surface area contributed by atoms with Gasteiger partial charge in [-0.05, 0) is 44.4 Å². The van der Waals surface area contributed by atoms with Crippen LogP contribution < -0.4 is 10.6 Å². The Hall–Kier alpha value is -4.00. The quantitative estimate of drug-likeness (QED) is 0.315. The number of aromatic nitrogens is 1. The van der Waals surface area contributed by atoms with Gasteiger partial charge >= 0.3 is 18.2 Å². The Morgan fingerprint density at radius 2 is 1.62 bits per heavy atom. The van der Waals surface area contributed by atoms with Gasteiger partial charge in [0.05, 0.1) is 23.2 Å².